The van der Waals surface area contributed by atoms with Crippen LogP contribution in [0.5, 0.6) is 0 Å². The molecule has 0 spiro atoms. The van der Waals surface area contributed by atoms with Crippen molar-refractivity contribution in [2.45, 2.75) is 13.3 Å². The molecule has 0 radical (unpaired) electrons. The van der Waals surface area contributed by atoms with Crippen molar-refractivity contribution in [1.82, 2.24) is 0 Å². The van der Waals surface area contributed by atoms with Crippen LogP contribution in [0.15, 0.2) is 5.51 Å². The number of aliphatic hydroxyl groups excluding tert-OH is 1. The summed E-state index contributed by atoms with van der Waals surface area (Å²) in [5.41, 5.74) is 3.32. The van der Waals surface area contributed by atoms with Crippen molar-refractivity contribution in [2.24, 2.45) is 7.05 Å². The Morgan fingerprint density at radius 1 is 1.24 bits per heavy atom. The molecular formula is C7H12F6NOPS. The van der Waals surface area contributed by atoms with E-state index in [-0.39, 0.29) is 6.61 Å². The van der Waals surface area contributed by atoms with Crippen molar-refractivity contribution in [2.75, 3.05) is 6.61 Å². The molecule has 1 aromatic heterocycles. The van der Waals surface area contributed by atoms with E-state index in [1.807, 2.05) is 7.05 Å². The van der Waals surface area contributed by atoms with Crippen molar-refractivity contribution < 1.29 is 34.9 Å². The molecule has 0 fully saturated rings. The first-order chi connectivity index (χ1) is 7.20. The van der Waals surface area contributed by atoms with Gasteiger partial charge in [0.15, 0.2) is 5.69 Å². The first-order valence-corrected chi connectivity index (χ1v) is 7.21. The van der Waals surface area contributed by atoms with E-state index in [1.165, 1.54) is 10.6 Å². The predicted octanol–water partition coefficient (Wildman–Crippen LogP) is 3.80. The summed E-state index contributed by atoms with van der Waals surface area (Å²) in [5.74, 6) is 0. The molecule has 0 aliphatic heterocycles. The average molecular weight is 303 g/mol. The molecule has 0 unspecified atom stereocenters. The maximum atomic E-state index is 9.87. The Labute approximate surface area is 97.7 Å². The monoisotopic (exact) mass is 303 g/mol. The number of aliphatic hydroxyl groups is 1. The van der Waals surface area contributed by atoms with Crippen LogP contribution in [-0.2, 0) is 13.5 Å². The third-order valence-corrected chi connectivity index (χ3v) is 2.83. The number of hydrogen-bond acceptors (Lipinski definition) is 2. The van der Waals surface area contributed by atoms with E-state index in [0.29, 0.717) is 0 Å². The number of rotatable bonds is 2. The first kappa shape index (κ1) is 16.6. The number of thiazole rings is 1. The molecule has 1 N–H and O–H groups in total. The molecule has 0 aliphatic rings. The van der Waals surface area contributed by atoms with Crippen LogP contribution in [0.4, 0.5) is 25.2 Å². The molecule has 0 bridgehead atoms. The van der Waals surface area contributed by atoms with E-state index in [0.717, 1.165) is 6.42 Å². The molecule has 0 amide bonds. The second-order valence-electron chi connectivity index (χ2n) is 3.27. The maximum absolute atomic E-state index is 10.7. The van der Waals surface area contributed by atoms with Gasteiger partial charge in [0.2, 0.25) is 5.51 Å². The third kappa shape index (κ3) is 11.9. The van der Waals surface area contributed by atoms with Crippen LogP contribution in [0.3, 0.4) is 0 Å². The van der Waals surface area contributed by atoms with Crippen LogP contribution in [0, 0.1) is 6.92 Å². The molecule has 10 heteroatoms. The number of aromatic nitrogens is 1. The summed E-state index contributed by atoms with van der Waals surface area (Å²) in [6.07, 6.45) is 0.789. The topological polar surface area (TPSA) is 24.1 Å². The fourth-order valence-corrected chi connectivity index (χ4v) is 1.81. The number of nitrogens with zero attached hydrogens (tertiary/aromatic N) is 1. The molecule has 0 atom stereocenters. The van der Waals surface area contributed by atoms with Gasteiger partial charge in [-0.15, -0.1) is 0 Å². The van der Waals surface area contributed by atoms with E-state index < -0.39 is 7.81 Å². The van der Waals surface area contributed by atoms with Gasteiger partial charge in [-0.1, -0.05) is 11.3 Å². The zero-order valence-corrected chi connectivity index (χ0v) is 10.7. The summed E-state index contributed by atoms with van der Waals surface area (Å²) >= 11 is 1.70. The fourth-order valence-electron chi connectivity index (χ4n) is 0.845. The number of hydrogen-bond donors (Lipinski definition) is 1. The Morgan fingerprint density at radius 2 is 1.65 bits per heavy atom. The summed E-state index contributed by atoms with van der Waals surface area (Å²) in [5, 5.41) is 8.65. The van der Waals surface area contributed by atoms with Gasteiger partial charge in [-0.05, 0) is 0 Å². The zero-order valence-electron chi connectivity index (χ0n) is 9.01. The second-order valence-corrected chi connectivity index (χ2v) is 6.13. The molecule has 0 saturated heterocycles. The van der Waals surface area contributed by atoms with Crippen molar-refractivity contribution in [3.63, 3.8) is 0 Å². The van der Waals surface area contributed by atoms with E-state index in [4.69, 9.17) is 5.11 Å². The molecule has 0 aliphatic carbocycles. The van der Waals surface area contributed by atoms with Gasteiger partial charge in [0, 0.05) is 20.0 Å². The second kappa shape index (κ2) is 4.37. The van der Waals surface area contributed by atoms with Gasteiger partial charge in [-0.25, -0.2) is 0 Å². The van der Waals surface area contributed by atoms with Gasteiger partial charge in [-0.3, -0.25) is 0 Å². The van der Waals surface area contributed by atoms with Gasteiger partial charge >= 0.3 is 33.0 Å². The van der Waals surface area contributed by atoms with Gasteiger partial charge in [0.25, 0.3) is 0 Å². The van der Waals surface area contributed by atoms with E-state index in [9.17, 15) is 25.2 Å². The van der Waals surface area contributed by atoms with Crippen molar-refractivity contribution in [3.8, 4) is 0 Å². The normalized spacial score (nSPS) is 15.6. The third-order valence-electron chi connectivity index (χ3n) is 1.62. The van der Waals surface area contributed by atoms with Crippen LogP contribution in [0.1, 0.15) is 10.6 Å². The van der Waals surface area contributed by atoms with Crippen molar-refractivity contribution in [1.29, 1.82) is 0 Å². The van der Waals surface area contributed by atoms with E-state index >= 15 is 0 Å². The van der Waals surface area contributed by atoms with Gasteiger partial charge in [0.05, 0.1) is 4.88 Å². The predicted molar refractivity (Wildman–Crippen MR) is 54.6 cm³/mol. The summed E-state index contributed by atoms with van der Waals surface area (Å²) in [7, 11) is -8.64. The molecule has 104 valence electrons. The van der Waals surface area contributed by atoms with Crippen LogP contribution in [0.25, 0.3) is 0 Å². The van der Waals surface area contributed by atoms with E-state index in [1.54, 1.807) is 11.3 Å². The minimum absolute atomic E-state index is 0.251. The number of aryl methyl sites for hydroxylation is 1. The quantitative estimate of drug-likeness (QED) is 0.501. The van der Waals surface area contributed by atoms with E-state index in [2.05, 4.69) is 17.0 Å². The van der Waals surface area contributed by atoms with Crippen LogP contribution < -0.4 is 4.57 Å². The Bertz CT molecular complexity index is 374. The molecule has 1 heterocycles. The summed E-state index contributed by atoms with van der Waals surface area (Å²) < 4.78 is 61.3. The molecule has 2 nitrogen and oxygen atoms in total. The molecule has 0 saturated carbocycles. The molecule has 17 heavy (non-hydrogen) atoms. The summed E-state index contributed by atoms with van der Waals surface area (Å²) in [6, 6.07) is 0. The molecular weight excluding hydrogens is 291 g/mol. The summed E-state index contributed by atoms with van der Waals surface area (Å²) in [6.45, 7) is 2.32. The molecule has 1 rings (SSSR count). The number of halogens is 6. The zero-order chi connectivity index (χ0) is 14.0. The van der Waals surface area contributed by atoms with Crippen LogP contribution in [-0.4, -0.2) is 11.7 Å². The minimum atomic E-state index is -10.7. The summed E-state index contributed by atoms with van der Waals surface area (Å²) in [4.78, 5) is 1.28. The fraction of sp³-hybridized carbons (Fsp3) is 0.571. The van der Waals surface area contributed by atoms with Gasteiger partial charge in [-0.2, -0.15) is 4.57 Å². The Hall–Kier alpha value is -0.400. The first-order valence-electron chi connectivity index (χ1n) is 4.30. The Balaban J connectivity index is 0.000000325. The van der Waals surface area contributed by atoms with Crippen LogP contribution >= 0.6 is 19.1 Å². The Kier molecular flexibility index (Phi) is 4.26. The standard InChI is InChI=1S/C7H12NOS.F6P/c1-6-7(3-4-9)10-5-8(6)2;1-7(2,3,4,5)6/h5,9H,3-4H2,1-2H3;/q+1;-1. The SMILES string of the molecule is Cc1c(CCO)sc[n+]1C.F[P-](F)(F)(F)(F)F. The van der Waals surface area contributed by atoms with Gasteiger partial charge in [0.1, 0.15) is 7.05 Å². The molecule has 0 aromatic carbocycles. The van der Waals surface area contributed by atoms with Crippen molar-refractivity contribution in [3.05, 3.63) is 16.1 Å². The van der Waals surface area contributed by atoms with Crippen molar-refractivity contribution >= 4 is 19.1 Å². The average Bonchev–Trinajstić information content (AvgIpc) is 2.31. The van der Waals surface area contributed by atoms with Gasteiger partial charge < -0.3 is 5.11 Å². The van der Waals surface area contributed by atoms with Crippen LogP contribution in [0.2, 0.25) is 0 Å². The molecule has 1 aromatic rings. The Morgan fingerprint density at radius 3 is 1.88 bits per heavy atom.